The molecule has 1 saturated carbocycles. The summed E-state index contributed by atoms with van der Waals surface area (Å²) in [7, 11) is 0. The van der Waals surface area contributed by atoms with Gasteiger partial charge in [-0.05, 0) is 42.9 Å². The molecule has 1 heterocycles. The van der Waals surface area contributed by atoms with Crippen molar-refractivity contribution in [2.75, 3.05) is 0 Å². The maximum absolute atomic E-state index is 11.3. The molecule has 2 aromatic rings. The number of hydrogen-bond acceptors (Lipinski definition) is 2. The molecule has 1 aromatic carbocycles. The first kappa shape index (κ1) is 13.4. The van der Waals surface area contributed by atoms with Gasteiger partial charge in [-0.1, -0.05) is 38.5 Å². The Morgan fingerprint density at radius 2 is 1.95 bits per heavy atom. The predicted octanol–water partition coefficient (Wildman–Crippen LogP) is 3.52. The molecule has 20 heavy (non-hydrogen) atoms. The Kier molecular flexibility index (Phi) is 3.38. The Labute approximate surface area is 120 Å². The molecule has 0 aliphatic heterocycles. The third kappa shape index (κ3) is 2.06. The molecule has 3 atom stereocenters. The number of hydrogen-bond donors (Lipinski definition) is 1. The Hall–Kier alpha value is -1.61. The van der Waals surface area contributed by atoms with Crippen molar-refractivity contribution in [3.8, 4) is 5.69 Å². The normalized spacial score (nSPS) is 30.4. The van der Waals surface area contributed by atoms with E-state index in [0.717, 1.165) is 24.2 Å². The Bertz CT molecular complexity index is 578. The molecule has 0 saturated heterocycles. The topological polar surface area (TPSA) is 38.1 Å². The molecular weight excluding hydrogens is 248 g/mol. The van der Waals surface area contributed by atoms with Crippen LogP contribution in [0.15, 0.2) is 42.6 Å². The summed E-state index contributed by atoms with van der Waals surface area (Å²) >= 11 is 0. The first-order chi connectivity index (χ1) is 9.63. The van der Waals surface area contributed by atoms with E-state index in [-0.39, 0.29) is 5.92 Å². The van der Waals surface area contributed by atoms with Gasteiger partial charge >= 0.3 is 0 Å². The molecule has 1 N–H and O–H groups in total. The van der Waals surface area contributed by atoms with Gasteiger partial charge in [0.25, 0.3) is 0 Å². The molecule has 106 valence electrons. The molecule has 1 aliphatic carbocycles. The van der Waals surface area contributed by atoms with Crippen molar-refractivity contribution in [2.45, 2.75) is 38.7 Å². The van der Waals surface area contributed by atoms with Gasteiger partial charge < -0.3 is 5.11 Å². The summed E-state index contributed by atoms with van der Waals surface area (Å²) in [4.78, 5) is 0. The molecule has 3 rings (SSSR count). The SMILES string of the molecule is CC1CCCC(O)(c2ccnn2-c2ccccc2)C1C. The van der Waals surface area contributed by atoms with Gasteiger partial charge in [0, 0.05) is 6.20 Å². The number of aliphatic hydroxyl groups is 1. The predicted molar refractivity (Wildman–Crippen MR) is 79.6 cm³/mol. The lowest BCUT2D eigenvalue weighted by Gasteiger charge is -2.42. The van der Waals surface area contributed by atoms with Crippen LogP contribution in [0, 0.1) is 11.8 Å². The quantitative estimate of drug-likeness (QED) is 0.906. The average Bonchev–Trinajstić information content (AvgIpc) is 2.96. The van der Waals surface area contributed by atoms with E-state index < -0.39 is 5.60 Å². The monoisotopic (exact) mass is 270 g/mol. The zero-order valence-electron chi connectivity index (χ0n) is 12.2. The van der Waals surface area contributed by atoms with Gasteiger partial charge in [-0.25, -0.2) is 4.68 Å². The van der Waals surface area contributed by atoms with Crippen LogP contribution in [-0.2, 0) is 5.60 Å². The van der Waals surface area contributed by atoms with E-state index in [1.165, 1.54) is 6.42 Å². The number of nitrogens with zero attached hydrogens (tertiary/aromatic N) is 2. The molecule has 1 aromatic heterocycles. The highest BCUT2D eigenvalue weighted by atomic mass is 16.3. The van der Waals surface area contributed by atoms with E-state index >= 15 is 0 Å². The van der Waals surface area contributed by atoms with E-state index in [2.05, 4.69) is 18.9 Å². The number of aromatic nitrogens is 2. The minimum absolute atomic E-state index is 0.246. The molecule has 3 nitrogen and oxygen atoms in total. The van der Waals surface area contributed by atoms with Gasteiger partial charge in [0.2, 0.25) is 0 Å². The summed E-state index contributed by atoms with van der Waals surface area (Å²) in [6.07, 6.45) is 4.87. The second-order valence-corrected chi connectivity index (χ2v) is 6.05. The minimum atomic E-state index is -0.774. The smallest absolute Gasteiger partial charge is 0.109 e. The molecule has 0 bridgehead atoms. The first-order valence-corrected chi connectivity index (χ1v) is 7.45. The molecule has 0 spiro atoms. The van der Waals surface area contributed by atoms with Crippen LogP contribution >= 0.6 is 0 Å². The van der Waals surface area contributed by atoms with Crippen molar-refractivity contribution >= 4 is 0 Å². The van der Waals surface area contributed by atoms with Crippen LogP contribution in [0.3, 0.4) is 0 Å². The van der Waals surface area contributed by atoms with E-state index in [1.54, 1.807) is 6.20 Å². The fourth-order valence-corrected chi connectivity index (χ4v) is 3.41. The van der Waals surface area contributed by atoms with E-state index in [0.29, 0.717) is 5.92 Å². The van der Waals surface area contributed by atoms with Crippen LogP contribution in [-0.4, -0.2) is 14.9 Å². The zero-order valence-corrected chi connectivity index (χ0v) is 12.2. The summed E-state index contributed by atoms with van der Waals surface area (Å²) in [5, 5.41) is 15.7. The molecule has 3 unspecified atom stereocenters. The van der Waals surface area contributed by atoms with Crippen LogP contribution < -0.4 is 0 Å². The molecule has 3 heteroatoms. The van der Waals surface area contributed by atoms with Crippen LogP contribution in [0.25, 0.3) is 5.69 Å². The maximum atomic E-state index is 11.3. The van der Waals surface area contributed by atoms with Crippen molar-refractivity contribution in [1.29, 1.82) is 0 Å². The van der Waals surface area contributed by atoms with Crippen molar-refractivity contribution in [3.05, 3.63) is 48.3 Å². The number of para-hydroxylation sites is 1. The Balaban J connectivity index is 2.05. The van der Waals surface area contributed by atoms with Gasteiger partial charge in [0.15, 0.2) is 0 Å². The standard InChI is InChI=1S/C17H22N2O/c1-13-7-6-11-17(20,14(13)2)16-10-12-18-19(16)15-8-4-3-5-9-15/h3-5,8-10,12-14,20H,6-7,11H2,1-2H3. The van der Waals surface area contributed by atoms with Crippen molar-refractivity contribution in [2.24, 2.45) is 11.8 Å². The maximum Gasteiger partial charge on any atom is 0.109 e. The van der Waals surface area contributed by atoms with Gasteiger partial charge in [-0.3, -0.25) is 0 Å². The van der Waals surface area contributed by atoms with Crippen LogP contribution in [0.4, 0.5) is 0 Å². The fraction of sp³-hybridized carbons (Fsp3) is 0.471. The third-order valence-corrected chi connectivity index (χ3v) is 4.91. The van der Waals surface area contributed by atoms with Gasteiger partial charge in [-0.15, -0.1) is 0 Å². The summed E-state index contributed by atoms with van der Waals surface area (Å²) in [5.41, 5.74) is 1.15. The molecular formula is C17H22N2O. The minimum Gasteiger partial charge on any atom is -0.383 e. The van der Waals surface area contributed by atoms with E-state index in [4.69, 9.17) is 0 Å². The number of rotatable bonds is 2. The third-order valence-electron chi connectivity index (χ3n) is 4.91. The largest absolute Gasteiger partial charge is 0.383 e. The van der Waals surface area contributed by atoms with Crippen LogP contribution in [0.2, 0.25) is 0 Å². The first-order valence-electron chi connectivity index (χ1n) is 7.45. The Morgan fingerprint density at radius 1 is 1.20 bits per heavy atom. The van der Waals surface area contributed by atoms with Gasteiger partial charge in [-0.2, -0.15) is 5.10 Å². The Morgan fingerprint density at radius 3 is 2.70 bits per heavy atom. The van der Waals surface area contributed by atoms with E-state index in [9.17, 15) is 5.11 Å². The number of benzene rings is 1. The van der Waals surface area contributed by atoms with Crippen molar-refractivity contribution in [3.63, 3.8) is 0 Å². The summed E-state index contributed by atoms with van der Waals surface area (Å²) < 4.78 is 1.88. The lowest BCUT2D eigenvalue weighted by atomic mass is 9.69. The summed E-state index contributed by atoms with van der Waals surface area (Å²) in [6.45, 7) is 4.39. The highest BCUT2D eigenvalue weighted by molar-refractivity contribution is 5.34. The van der Waals surface area contributed by atoms with Gasteiger partial charge in [0.1, 0.15) is 5.60 Å². The van der Waals surface area contributed by atoms with Crippen LogP contribution in [0.5, 0.6) is 0 Å². The average molecular weight is 270 g/mol. The second kappa shape index (κ2) is 5.06. The fourth-order valence-electron chi connectivity index (χ4n) is 3.41. The second-order valence-electron chi connectivity index (χ2n) is 6.05. The van der Waals surface area contributed by atoms with Crippen molar-refractivity contribution < 1.29 is 5.11 Å². The van der Waals surface area contributed by atoms with Gasteiger partial charge in [0.05, 0.1) is 11.4 Å². The summed E-state index contributed by atoms with van der Waals surface area (Å²) in [5.74, 6) is 0.781. The zero-order chi connectivity index (χ0) is 14.2. The highest BCUT2D eigenvalue weighted by Gasteiger charge is 2.43. The lowest BCUT2D eigenvalue weighted by Crippen LogP contribution is -2.42. The highest BCUT2D eigenvalue weighted by Crippen LogP contribution is 2.44. The van der Waals surface area contributed by atoms with Crippen LogP contribution in [0.1, 0.15) is 38.8 Å². The van der Waals surface area contributed by atoms with Crippen molar-refractivity contribution in [1.82, 2.24) is 9.78 Å². The molecule has 0 radical (unpaired) electrons. The van der Waals surface area contributed by atoms with E-state index in [1.807, 2.05) is 41.1 Å². The molecule has 1 aliphatic rings. The molecule has 0 amide bonds. The summed E-state index contributed by atoms with van der Waals surface area (Å²) in [6, 6.07) is 12.0. The lowest BCUT2D eigenvalue weighted by molar-refractivity contribution is -0.0738. The molecule has 1 fully saturated rings.